The fraction of sp³-hybridized carbons (Fsp3) is 0.571. The molecule has 7 heteroatoms. The number of ether oxygens (including phenoxy) is 1. The van der Waals surface area contributed by atoms with E-state index in [4.69, 9.17) is 4.74 Å². The largest absolute Gasteiger partial charge is 0.385 e. The second-order valence-corrected chi connectivity index (χ2v) is 7.61. The number of pyridine rings is 1. The Balaban J connectivity index is 2.06. The van der Waals surface area contributed by atoms with E-state index in [0.29, 0.717) is 31.8 Å². The highest BCUT2D eigenvalue weighted by Gasteiger charge is 2.36. The molecule has 0 aliphatic carbocycles. The summed E-state index contributed by atoms with van der Waals surface area (Å²) >= 11 is 0. The van der Waals surface area contributed by atoms with Crippen LogP contribution in [0.5, 0.6) is 0 Å². The number of methoxy groups -OCH3 is 1. The van der Waals surface area contributed by atoms with Crippen LogP contribution in [0.2, 0.25) is 0 Å². The van der Waals surface area contributed by atoms with Gasteiger partial charge < -0.3 is 9.30 Å². The van der Waals surface area contributed by atoms with Crippen LogP contribution in [0.15, 0.2) is 18.3 Å². The maximum absolute atomic E-state index is 12.2. The van der Waals surface area contributed by atoms with Gasteiger partial charge in [-0.05, 0) is 31.4 Å². The summed E-state index contributed by atoms with van der Waals surface area (Å²) < 4.78 is 31.5. The maximum atomic E-state index is 12.2. The number of aryl methyl sites for hydroxylation is 1. The molecule has 0 N–H and O–H groups in total. The van der Waals surface area contributed by atoms with Crippen LogP contribution < -0.4 is 0 Å². The molecule has 2 aromatic rings. The third-order valence-corrected chi connectivity index (χ3v) is 6.05. The Morgan fingerprint density at radius 1 is 1.48 bits per heavy atom. The molecule has 0 bridgehead atoms. The number of hydrogen-bond acceptors (Lipinski definition) is 5. The summed E-state index contributed by atoms with van der Waals surface area (Å²) in [6.07, 6.45) is 3.87. The predicted octanol–water partition coefficient (Wildman–Crippen LogP) is 1.72. The summed E-state index contributed by atoms with van der Waals surface area (Å²) in [5, 5.41) is -0.491. The van der Waals surface area contributed by atoms with E-state index in [1.807, 2.05) is 16.7 Å². The molecule has 1 aliphatic heterocycles. The van der Waals surface area contributed by atoms with Gasteiger partial charge in [-0.15, -0.1) is 0 Å². The molecule has 3 heterocycles. The molecule has 1 aliphatic rings. The number of nitrogens with zero attached hydrogens (tertiary/aromatic N) is 3. The summed E-state index contributed by atoms with van der Waals surface area (Å²) in [5.74, 6) is 0.893. The summed E-state index contributed by atoms with van der Waals surface area (Å²) in [7, 11) is -1.42. The number of imidazole rings is 1. The van der Waals surface area contributed by atoms with Crippen LogP contribution in [-0.2, 0) is 21.1 Å². The van der Waals surface area contributed by atoms with Crippen LogP contribution in [0, 0.1) is 0 Å². The average Bonchev–Trinajstić information content (AvgIpc) is 2.99. The second kappa shape index (κ2) is 5.73. The standard InChI is InChI=1S/C14H19N3O3S/c1-20-9-4-8-17-13-11(5-2-7-15-13)16-14(17)12-6-3-10-21(12,18)19/h2,5,7,12H,3-4,6,8-10H2,1H3. The number of aromatic nitrogens is 3. The van der Waals surface area contributed by atoms with Crippen LogP contribution in [0.4, 0.5) is 0 Å². The first-order valence-corrected chi connectivity index (χ1v) is 8.86. The van der Waals surface area contributed by atoms with Gasteiger partial charge in [-0.25, -0.2) is 18.4 Å². The third kappa shape index (κ3) is 2.67. The first-order chi connectivity index (χ1) is 10.1. The van der Waals surface area contributed by atoms with Crippen LogP contribution in [0.25, 0.3) is 11.2 Å². The molecular formula is C14H19N3O3S. The van der Waals surface area contributed by atoms with E-state index < -0.39 is 15.1 Å². The zero-order valence-corrected chi connectivity index (χ0v) is 12.8. The van der Waals surface area contributed by atoms with E-state index in [-0.39, 0.29) is 5.75 Å². The molecule has 0 saturated carbocycles. The summed E-state index contributed by atoms with van der Waals surface area (Å²) in [5.41, 5.74) is 1.51. The zero-order valence-electron chi connectivity index (χ0n) is 12.0. The molecule has 0 spiro atoms. The monoisotopic (exact) mass is 309 g/mol. The van der Waals surface area contributed by atoms with Gasteiger partial charge in [0.15, 0.2) is 15.5 Å². The van der Waals surface area contributed by atoms with Gasteiger partial charge in [0, 0.05) is 26.5 Å². The van der Waals surface area contributed by atoms with Gasteiger partial charge in [-0.2, -0.15) is 0 Å². The lowest BCUT2D eigenvalue weighted by Crippen LogP contribution is -2.15. The molecule has 1 unspecified atom stereocenters. The minimum atomic E-state index is -3.08. The van der Waals surface area contributed by atoms with E-state index in [1.54, 1.807) is 13.3 Å². The summed E-state index contributed by atoms with van der Waals surface area (Å²) in [4.78, 5) is 8.91. The van der Waals surface area contributed by atoms with Crippen molar-refractivity contribution in [3.05, 3.63) is 24.2 Å². The number of fused-ring (bicyclic) bond motifs is 1. The van der Waals surface area contributed by atoms with Crippen molar-refractivity contribution in [3.63, 3.8) is 0 Å². The second-order valence-electron chi connectivity index (χ2n) is 5.31. The fourth-order valence-electron chi connectivity index (χ4n) is 2.89. The molecule has 3 rings (SSSR count). The molecule has 1 atom stereocenters. The Morgan fingerprint density at radius 2 is 2.33 bits per heavy atom. The van der Waals surface area contributed by atoms with Crippen molar-refractivity contribution in [2.75, 3.05) is 19.5 Å². The van der Waals surface area contributed by atoms with Crippen molar-refractivity contribution in [2.24, 2.45) is 0 Å². The van der Waals surface area contributed by atoms with E-state index >= 15 is 0 Å². The molecular weight excluding hydrogens is 290 g/mol. The molecule has 114 valence electrons. The predicted molar refractivity (Wildman–Crippen MR) is 79.8 cm³/mol. The molecule has 0 amide bonds. The lowest BCUT2D eigenvalue weighted by Gasteiger charge is -2.12. The first-order valence-electron chi connectivity index (χ1n) is 7.15. The molecule has 6 nitrogen and oxygen atoms in total. The van der Waals surface area contributed by atoms with Gasteiger partial charge in [-0.1, -0.05) is 0 Å². The van der Waals surface area contributed by atoms with Crippen molar-refractivity contribution < 1.29 is 13.2 Å². The Hall–Kier alpha value is -1.47. The van der Waals surface area contributed by atoms with Crippen molar-refractivity contribution in [2.45, 2.75) is 31.1 Å². The van der Waals surface area contributed by atoms with Gasteiger partial charge in [0.05, 0.1) is 5.75 Å². The Morgan fingerprint density at radius 3 is 3.05 bits per heavy atom. The van der Waals surface area contributed by atoms with Gasteiger partial charge in [-0.3, -0.25) is 0 Å². The molecule has 21 heavy (non-hydrogen) atoms. The highest BCUT2D eigenvalue weighted by atomic mass is 32.2. The van der Waals surface area contributed by atoms with Crippen LogP contribution in [0.1, 0.15) is 30.3 Å². The third-order valence-electron chi connectivity index (χ3n) is 3.88. The lowest BCUT2D eigenvalue weighted by atomic mass is 10.2. The Labute approximate surface area is 124 Å². The molecule has 2 aromatic heterocycles. The van der Waals surface area contributed by atoms with E-state index in [9.17, 15) is 8.42 Å². The van der Waals surface area contributed by atoms with Crippen molar-refractivity contribution in [1.82, 2.24) is 14.5 Å². The number of sulfone groups is 1. The normalized spacial score (nSPS) is 21.1. The van der Waals surface area contributed by atoms with Crippen LogP contribution in [0.3, 0.4) is 0 Å². The minimum Gasteiger partial charge on any atom is -0.385 e. The average molecular weight is 309 g/mol. The van der Waals surface area contributed by atoms with Gasteiger partial charge in [0.2, 0.25) is 0 Å². The minimum absolute atomic E-state index is 0.256. The first kappa shape index (κ1) is 14.5. The van der Waals surface area contributed by atoms with Gasteiger partial charge in [0.1, 0.15) is 16.6 Å². The number of hydrogen-bond donors (Lipinski definition) is 0. The van der Waals surface area contributed by atoms with Crippen molar-refractivity contribution in [3.8, 4) is 0 Å². The van der Waals surface area contributed by atoms with Crippen molar-refractivity contribution in [1.29, 1.82) is 0 Å². The maximum Gasteiger partial charge on any atom is 0.160 e. The fourth-order valence-corrected chi connectivity index (χ4v) is 4.77. The Bertz CT molecular complexity index is 739. The topological polar surface area (TPSA) is 74.1 Å². The quantitative estimate of drug-likeness (QED) is 0.786. The van der Waals surface area contributed by atoms with E-state index in [2.05, 4.69) is 9.97 Å². The molecule has 0 radical (unpaired) electrons. The highest BCUT2D eigenvalue weighted by Crippen LogP contribution is 2.35. The highest BCUT2D eigenvalue weighted by molar-refractivity contribution is 7.91. The van der Waals surface area contributed by atoms with E-state index in [1.165, 1.54) is 0 Å². The molecule has 1 saturated heterocycles. The van der Waals surface area contributed by atoms with Crippen molar-refractivity contribution >= 4 is 21.0 Å². The lowest BCUT2D eigenvalue weighted by molar-refractivity contribution is 0.190. The Kier molecular flexibility index (Phi) is 3.95. The van der Waals surface area contributed by atoms with Crippen LogP contribution >= 0.6 is 0 Å². The van der Waals surface area contributed by atoms with E-state index in [0.717, 1.165) is 17.6 Å². The number of rotatable bonds is 5. The van der Waals surface area contributed by atoms with Crippen LogP contribution in [-0.4, -0.2) is 42.4 Å². The van der Waals surface area contributed by atoms with Gasteiger partial charge in [0.25, 0.3) is 0 Å². The molecule has 0 aromatic carbocycles. The summed E-state index contributed by atoms with van der Waals surface area (Å²) in [6.45, 7) is 1.30. The SMILES string of the molecule is COCCCn1c(C2CCCS2(=O)=O)nc2cccnc21. The molecule has 1 fully saturated rings. The van der Waals surface area contributed by atoms with Gasteiger partial charge >= 0.3 is 0 Å². The smallest absolute Gasteiger partial charge is 0.160 e. The summed E-state index contributed by atoms with van der Waals surface area (Å²) in [6, 6.07) is 3.70. The zero-order chi connectivity index (χ0) is 14.9.